The zero-order valence-corrected chi connectivity index (χ0v) is 13.2. The van der Waals surface area contributed by atoms with Gasteiger partial charge in [0.15, 0.2) is 5.85 Å². The van der Waals surface area contributed by atoms with Gasteiger partial charge in [-0.1, -0.05) is 0 Å². The quantitative estimate of drug-likeness (QED) is 0.859. The number of rotatable bonds is 5. The van der Waals surface area contributed by atoms with Gasteiger partial charge in [0, 0.05) is 44.6 Å². The first-order valence-electron chi connectivity index (χ1n) is 6.50. The van der Waals surface area contributed by atoms with E-state index < -0.39 is 13.2 Å². The minimum Gasteiger partial charge on any atom is -0.378 e. The number of aliphatic hydroxyl groups is 1. The van der Waals surface area contributed by atoms with Gasteiger partial charge in [-0.3, -0.25) is 9.55 Å². The molecule has 1 heterocycles. The molecule has 0 unspecified atom stereocenters. The van der Waals surface area contributed by atoms with Gasteiger partial charge in [0.2, 0.25) is 0 Å². The Kier molecular flexibility index (Phi) is 4.78. The van der Waals surface area contributed by atoms with Gasteiger partial charge in [-0.25, -0.2) is 0 Å². The Bertz CT molecular complexity index is 629. The van der Waals surface area contributed by atoms with Gasteiger partial charge in [0.25, 0.3) is 7.37 Å². The maximum absolute atomic E-state index is 13.1. The zero-order valence-electron chi connectivity index (χ0n) is 12.3. The number of hydrogen-bond donors (Lipinski definition) is 1. The van der Waals surface area contributed by atoms with E-state index in [0.717, 1.165) is 5.69 Å². The lowest BCUT2D eigenvalue weighted by Gasteiger charge is -2.23. The first-order valence-corrected chi connectivity index (χ1v) is 8.20. The number of nitrogens with zero attached hydrogens (tertiary/aromatic N) is 2. The average Bonchev–Trinajstić information content (AvgIpc) is 2.54. The molecule has 112 valence electrons. The van der Waals surface area contributed by atoms with Gasteiger partial charge in [0.1, 0.15) is 0 Å². The third-order valence-electron chi connectivity index (χ3n) is 3.32. The van der Waals surface area contributed by atoms with Crippen LogP contribution in [0.2, 0.25) is 0 Å². The number of aromatic nitrogens is 1. The van der Waals surface area contributed by atoms with Crippen molar-refractivity contribution >= 4 is 18.4 Å². The highest BCUT2D eigenvalue weighted by Gasteiger charge is 2.35. The lowest BCUT2D eigenvalue weighted by molar-refractivity contribution is 0.228. The summed E-state index contributed by atoms with van der Waals surface area (Å²) in [6.45, 7) is 0. The number of anilines is 1. The molecule has 0 saturated heterocycles. The number of aliphatic hydroxyl groups excluding tert-OH is 1. The molecule has 2 atom stereocenters. The van der Waals surface area contributed by atoms with Gasteiger partial charge in [-0.2, -0.15) is 0 Å². The molecule has 0 aliphatic rings. The molecular weight excluding hydrogens is 287 g/mol. The van der Waals surface area contributed by atoms with E-state index in [4.69, 9.17) is 4.52 Å². The predicted octanol–water partition coefficient (Wildman–Crippen LogP) is 2.39. The van der Waals surface area contributed by atoms with E-state index in [9.17, 15) is 9.67 Å². The van der Waals surface area contributed by atoms with Crippen LogP contribution in [-0.2, 0) is 9.09 Å². The normalized spacial score (nSPS) is 15.2. The molecule has 2 aromatic rings. The van der Waals surface area contributed by atoms with Crippen molar-refractivity contribution < 1.29 is 14.2 Å². The van der Waals surface area contributed by atoms with Crippen LogP contribution in [0.3, 0.4) is 0 Å². The minimum absolute atomic E-state index is 0.486. The van der Waals surface area contributed by atoms with Crippen LogP contribution >= 0.6 is 7.37 Å². The molecule has 0 bridgehead atoms. The van der Waals surface area contributed by atoms with Crippen molar-refractivity contribution in [2.75, 3.05) is 26.1 Å². The molecule has 5 nitrogen and oxygen atoms in total. The van der Waals surface area contributed by atoms with Crippen molar-refractivity contribution in [2.45, 2.75) is 5.85 Å². The molecule has 0 radical (unpaired) electrons. The van der Waals surface area contributed by atoms with Crippen LogP contribution in [0.4, 0.5) is 5.69 Å². The highest BCUT2D eigenvalue weighted by molar-refractivity contribution is 7.67. The highest BCUT2D eigenvalue weighted by atomic mass is 31.2. The summed E-state index contributed by atoms with van der Waals surface area (Å²) in [4.78, 5) is 5.84. The van der Waals surface area contributed by atoms with E-state index >= 15 is 0 Å². The topological polar surface area (TPSA) is 62.7 Å². The van der Waals surface area contributed by atoms with Crippen molar-refractivity contribution in [2.24, 2.45) is 0 Å². The molecule has 6 heteroatoms. The van der Waals surface area contributed by atoms with Gasteiger partial charge in [-0.15, -0.1) is 0 Å². The second-order valence-electron chi connectivity index (χ2n) is 4.84. The van der Waals surface area contributed by atoms with E-state index in [1.807, 2.05) is 31.1 Å². The SMILES string of the molecule is CO[P@](=O)(c1ccc(N(C)C)cc1)[C@H](O)c1ccncc1. The third-order valence-corrected chi connectivity index (χ3v) is 5.83. The summed E-state index contributed by atoms with van der Waals surface area (Å²) < 4.78 is 18.3. The Morgan fingerprint density at radius 3 is 2.19 bits per heavy atom. The van der Waals surface area contributed by atoms with Crippen LogP contribution in [0.5, 0.6) is 0 Å². The van der Waals surface area contributed by atoms with E-state index in [2.05, 4.69) is 4.98 Å². The molecule has 1 N–H and O–H groups in total. The zero-order chi connectivity index (χ0) is 15.5. The van der Waals surface area contributed by atoms with Crippen molar-refractivity contribution in [1.82, 2.24) is 4.98 Å². The van der Waals surface area contributed by atoms with Crippen molar-refractivity contribution in [3.05, 3.63) is 54.4 Å². The Labute approximate surface area is 124 Å². The minimum atomic E-state index is -3.41. The lowest BCUT2D eigenvalue weighted by atomic mass is 10.3. The van der Waals surface area contributed by atoms with Crippen LogP contribution in [0, 0.1) is 0 Å². The van der Waals surface area contributed by atoms with Crippen LogP contribution in [0.15, 0.2) is 48.8 Å². The fourth-order valence-corrected chi connectivity index (χ4v) is 3.86. The molecule has 21 heavy (non-hydrogen) atoms. The summed E-state index contributed by atoms with van der Waals surface area (Å²) in [6, 6.07) is 10.4. The molecule has 2 rings (SSSR count). The predicted molar refractivity (Wildman–Crippen MR) is 84.2 cm³/mol. The highest BCUT2D eigenvalue weighted by Crippen LogP contribution is 2.56. The number of pyridine rings is 1. The van der Waals surface area contributed by atoms with Crippen LogP contribution in [-0.4, -0.2) is 31.3 Å². The van der Waals surface area contributed by atoms with Crippen LogP contribution < -0.4 is 10.2 Å². The molecule has 0 saturated carbocycles. The van der Waals surface area contributed by atoms with E-state index in [0.29, 0.717) is 10.9 Å². The van der Waals surface area contributed by atoms with Crippen LogP contribution in [0.1, 0.15) is 11.4 Å². The van der Waals surface area contributed by atoms with Gasteiger partial charge >= 0.3 is 0 Å². The Balaban J connectivity index is 2.39. The molecule has 0 aliphatic heterocycles. The third kappa shape index (κ3) is 3.16. The van der Waals surface area contributed by atoms with E-state index in [1.165, 1.54) is 7.11 Å². The second kappa shape index (κ2) is 6.39. The van der Waals surface area contributed by atoms with Crippen LogP contribution in [0.25, 0.3) is 0 Å². The van der Waals surface area contributed by atoms with Crippen molar-refractivity contribution in [1.29, 1.82) is 0 Å². The molecule has 0 fully saturated rings. The van der Waals surface area contributed by atoms with Crippen molar-refractivity contribution in [3.63, 3.8) is 0 Å². The average molecular weight is 306 g/mol. The monoisotopic (exact) mass is 306 g/mol. The van der Waals surface area contributed by atoms with Gasteiger partial charge < -0.3 is 14.5 Å². The number of benzene rings is 1. The summed E-state index contributed by atoms with van der Waals surface area (Å²) in [5, 5.41) is 10.9. The summed E-state index contributed by atoms with van der Waals surface area (Å²) in [5.74, 6) is -1.21. The maximum Gasteiger partial charge on any atom is 0.263 e. The van der Waals surface area contributed by atoms with E-state index in [1.54, 1.807) is 36.7 Å². The molecule has 0 amide bonds. The maximum atomic E-state index is 13.1. The largest absolute Gasteiger partial charge is 0.378 e. The summed E-state index contributed by atoms with van der Waals surface area (Å²) in [5.41, 5.74) is 1.51. The molecular formula is C15H19N2O3P. The summed E-state index contributed by atoms with van der Waals surface area (Å²) in [6.07, 6.45) is 3.10. The molecule has 1 aromatic heterocycles. The summed E-state index contributed by atoms with van der Waals surface area (Å²) >= 11 is 0. The number of hydrogen-bond acceptors (Lipinski definition) is 5. The first kappa shape index (κ1) is 15.7. The lowest BCUT2D eigenvalue weighted by Crippen LogP contribution is -2.15. The Morgan fingerprint density at radius 1 is 1.14 bits per heavy atom. The molecule has 0 aliphatic carbocycles. The first-order chi connectivity index (χ1) is 9.99. The Morgan fingerprint density at radius 2 is 1.71 bits per heavy atom. The fraction of sp³-hybridized carbons (Fsp3) is 0.267. The van der Waals surface area contributed by atoms with Gasteiger partial charge in [-0.05, 0) is 42.0 Å². The smallest absolute Gasteiger partial charge is 0.263 e. The summed E-state index contributed by atoms with van der Waals surface area (Å²) in [7, 11) is 1.80. The van der Waals surface area contributed by atoms with Gasteiger partial charge in [0.05, 0.1) is 0 Å². The van der Waals surface area contributed by atoms with E-state index in [-0.39, 0.29) is 0 Å². The second-order valence-corrected chi connectivity index (χ2v) is 7.41. The molecule has 1 aromatic carbocycles. The standard InChI is InChI=1S/C15H19N2O3P/c1-17(2)13-4-6-14(7-5-13)21(19,20-3)15(18)12-8-10-16-11-9-12/h4-11,15,18H,1-3H3/t15-,21+/m0/s1. The molecule has 0 spiro atoms. The fourth-order valence-electron chi connectivity index (χ4n) is 2.04. The van der Waals surface area contributed by atoms with Crippen molar-refractivity contribution in [3.8, 4) is 0 Å². The Hall–Kier alpha value is -1.68.